The Balaban J connectivity index is 1.77. The summed E-state index contributed by atoms with van der Waals surface area (Å²) in [5, 5.41) is 86.7. The molecule has 280 valence electrons. The highest BCUT2D eigenvalue weighted by Crippen LogP contribution is 2.49. The molecule has 0 aromatic rings. The molecule has 2 amide bonds. The molecule has 3 saturated heterocycles. The number of rotatable bonds is 15. The molecule has 3 aliphatic heterocycles. The molecular weight excluding hydrogens is 673 g/mol. The normalized spacial score (nSPS) is 41.7. The molecule has 48 heavy (non-hydrogen) atoms. The highest BCUT2D eigenvalue weighted by Gasteiger charge is 2.52. The zero-order valence-corrected chi connectivity index (χ0v) is 27.2. The van der Waals surface area contributed by atoms with Crippen molar-refractivity contribution in [3.05, 3.63) is 0 Å². The van der Waals surface area contributed by atoms with Gasteiger partial charge in [-0.25, -0.2) is 4.57 Å². The molecule has 0 saturated carbocycles. The van der Waals surface area contributed by atoms with Crippen LogP contribution in [0.15, 0.2) is 0 Å². The van der Waals surface area contributed by atoms with Gasteiger partial charge in [0.25, 0.3) is 0 Å². The molecule has 1 unspecified atom stereocenters. The summed E-state index contributed by atoms with van der Waals surface area (Å²) >= 11 is 0. The summed E-state index contributed by atoms with van der Waals surface area (Å²) in [6.45, 7) is 0.683. The summed E-state index contributed by atoms with van der Waals surface area (Å²) in [4.78, 5) is 35.0. The predicted octanol–water partition coefficient (Wildman–Crippen LogP) is -5.64. The lowest BCUT2D eigenvalue weighted by atomic mass is 9.96. The lowest BCUT2D eigenvalue weighted by Gasteiger charge is -2.45. The minimum Gasteiger partial charge on any atom is -0.394 e. The van der Waals surface area contributed by atoms with Crippen LogP contribution in [0.3, 0.4) is 0 Å². The molecule has 0 aliphatic carbocycles. The number of carbonyl (C=O) groups excluding carboxylic acids is 2. The van der Waals surface area contributed by atoms with Gasteiger partial charge in [0.05, 0.1) is 25.9 Å². The second-order valence-electron chi connectivity index (χ2n) is 11.8. The fourth-order valence-electron chi connectivity index (χ4n) is 5.39. The number of unbranched alkanes of at least 4 members (excludes halogenated alkanes) is 2. The van der Waals surface area contributed by atoms with Crippen LogP contribution >= 0.6 is 7.82 Å². The van der Waals surface area contributed by atoms with Crippen molar-refractivity contribution in [1.29, 1.82) is 0 Å². The molecule has 16 atom stereocenters. The van der Waals surface area contributed by atoms with E-state index in [0.29, 0.717) is 6.42 Å². The molecule has 13 N–H and O–H groups in total. The fraction of sp³-hybridized carbons (Fsp3) is 0.923. The first-order valence-corrected chi connectivity index (χ1v) is 16.9. The maximum Gasteiger partial charge on any atom is 0.477 e. The van der Waals surface area contributed by atoms with Gasteiger partial charge in [-0.1, -0.05) is 19.8 Å². The van der Waals surface area contributed by atoms with Crippen LogP contribution in [0.2, 0.25) is 0 Å². The Morgan fingerprint density at radius 1 is 0.750 bits per heavy atom. The Labute approximate surface area is 275 Å². The summed E-state index contributed by atoms with van der Waals surface area (Å²) in [7, 11) is -5.36. The minimum absolute atomic E-state index is 0.0871. The van der Waals surface area contributed by atoms with Crippen LogP contribution in [0.25, 0.3) is 0 Å². The Hall–Kier alpha value is -1.47. The van der Waals surface area contributed by atoms with Crippen LogP contribution in [-0.2, 0) is 42.1 Å². The van der Waals surface area contributed by atoms with Gasteiger partial charge in [0, 0.05) is 13.3 Å². The van der Waals surface area contributed by atoms with E-state index in [1.165, 1.54) is 0 Å². The number of nitrogens with one attached hydrogen (secondary N) is 2. The second kappa shape index (κ2) is 18.1. The Bertz CT molecular complexity index is 1090. The Morgan fingerprint density at radius 3 is 1.81 bits per heavy atom. The van der Waals surface area contributed by atoms with Gasteiger partial charge in [-0.15, -0.1) is 0 Å². The maximum atomic E-state index is 13.1. The smallest absolute Gasteiger partial charge is 0.394 e. The van der Waals surface area contributed by atoms with Gasteiger partial charge in [0.15, 0.2) is 18.9 Å². The highest BCUT2D eigenvalue weighted by atomic mass is 31.2. The van der Waals surface area contributed by atoms with E-state index in [-0.39, 0.29) is 6.42 Å². The van der Waals surface area contributed by atoms with Gasteiger partial charge >= 0.3 is 7.82 Å². The average Bonchev–Trinajstić information content (AvgIpc) is 3.03. The molecular formula is C26H48N3O18P. The number of aliphatic hydroxyl groups is 8. The van der Waals surface area contributed by atoms with Gasteiger partial charge in [0.1, 0.15) is 67.0 Å². The van der Waals surface area contributed by atoms with Gasteiger partial charge in [0.2, 0.25) is 11.8 Å². The van der Waals surface area contributed by atoms with E-state index in [9.17, 15) is 59.9 Å². The number of hydrogen-bond donors (Lipinski definition) is 12. The van der Waals surface area contributed by atoms with Crippen molar-refractivity contribution in [3.63, 3.8) is 0 Å². The number of carbonyl (C=O) groups is 2. The van der Waals surface area contributed by atoms with Gasteiger partial charge < -0.3 is 81.1 Å². The number of nitrogens with two attached hydrogens (primary N) is 1. The lowest BCUT2D eigenvalue weighted by Crippen LogP contribution is -2.66. The third-order valence-electron chi connectivity index (χ3n) is 8.11. The quantitative estimate of drug-likeness (QED) is 0.0554. The van der Waals surface area contributed by atoms with E-state index in [4.69, 9.17) is 33.7 Å². The van der Waals surface area contributed by atoms with Crippen LogP contribution in [0.1, 0.15) is 39.5 Å². The number of hydrogen-bond acceptors (Lipinski definition) is 18. The second-order valence-corrected chi connectivity index (χ2v) is 13.2. The zero-order chi connectivity index (χ0) is 35.9. The van der Waals surface area contributed by atoms with Crippen LogP contribution in [0, 0.1) is 0 Å². The zero-order valence-electron chi connectivity index (χ0n) is 26.3. The molecule has 3 rings (SSSR count). The Morgan fingerprint density at radius 2 is 1.25 bits per heavy atom. The van der Waals surface area contributed by atoms with E-state index in [1.54, 1.807) is 0 Å². The van der Waals surface area contributed by atoms with Gasteiger partial charge in [-0.3, -0.25) is 18.6 Å². The first-order valence-electron chi connectivity index (χ1n) is 15.4. The predicted molar refractivity (Wildman–Crippen MR) is 156 cm³/mol. The summed E-state index contributed by atoms with van der Waals surface area (Å²) in [5.41, 5.74) is 5.75. The molecule has 3 aliphatic rings. The maximum absolute atomic E-state index is 13.1. The van der Waals surface area contributed by atoms with Gasteiger partial charge in [-0.2, -0.15) is 0 Å². The van der Waals surface area contributed by atoms with E-state index in [0.717, 1.165) is 19.8 Å². The molecule has 21 nitrogen and oxygen atoms in total. The lowest BCUT2D eigenvalue weighted by molar-refractivity contribution is -0.297. The van der Waals surface area contributed by atoms with E-state index in [1.807, 2.05) is 6.92 Å². The van der Waals surface area contributed by atoms with Crippen molar-refractivity contribution in [3.8, 4) is 0 Å². The third-order valence-corrected chi connectivity index (χ3v) is 9.06. The molecule has 22 heteroatoms. The largest absolute Gasteiger partial charge is 0.477 e. The van der Waals surface area contributed by atoms with Crippen molar-refractivity contribution in [2.75, 3.05) is 19.8 Å². The van der Waals surface area contributed by atoms with Crippen molar-refractivity contribution in [1.82, 2.24) is 10.6 Å². The standard InChI is InChI=1S/C26H48N3O18P/c1-3-4-5-6-14(33)29-16-22(38)19(35)12(8-31)44-25(16)42-9-13-20(36)23(39)17(28-10(2)32)26(45-13)47-48(40,41)46-24-15(27)21(37)18(34)11(7-30)43-24/h11-13,15-26,30-31,34-39H,3-9,27H2,1-2H3,(H,28,32)(H,29,33)(H,40,41)/t11-,12-,13-,15-,16-,17-,18+,19-,20-,21-,22-,23-,24-,25-,26-/m1/s1. The van der Waals surface area contributed by atoms with Crippen molar-refractivity contribution >= 4 is 19.6 Å². The first-order chi connectivity index (χ1) is 22.5. The molecule has 0 spiro atoms. The van der Waals surface area contributed by atoms with Crippen molar-refractivity contribution < 1.29 is 87.9 Å². The molecule has 3 heterocycles. The number of phosphoric ester groups is 1. The molecule has 0 aromatic carbocycles. The number of ether oxygens (including phenoxy) is 4. The summed E-state index contributed by atoms with van der Waals surface area (Å²) in [6.07, 6.45) is -18.2. The average molecular weight is 722 g/mol. The highest BCUT2D eigenvalue weighted by molar-refractivity contribution is 7.47. The van der Waals surface area contributed by atoms with Crippen LogP contribution in [-0.4, -0.2) is 169 Å². The number of phosphoric acid groups is 1. The minimum atomic E-state index is -5.36. The Kier molecular flexibility index (Phi) is 15.5. The van der Waals surface area contributed by atoms with Crippen molar-refractivity contribution in [2.45, 2.75) is 131 Å². The van der Waals surface area contributed by atoms with E-state index >= 15 is 0 Å². The van der Waals surface area contributed by atoms with Gasteiger partial charge in [-0.05, 0) is 6.42 Å². The van der Waals surface area contributed by atoms with Crippen molar-refractivity contribution in [2.24, 2.45) is 5.73 Å². The molecule has 0 aromatic heterocycles. The van der Waals surface area contributed by atoms with Crippen LogP contribution in [0.5, 0.6) is 0 Å². The molecule has 3 fully saturated rings. The summed E-state index contributed by atoms with van der Waals surface area (Å²) < 4.78 is 45.1. The topological polar surface area (TPSA) is 339 Å². The monoisotopic (exact) mass is 721 g/mol. The van der Waals surface area contributed by atoms with E-state index < -0.39 is 131 Å². The van der Waals surface area contributed by atoms with Crippen LogP contribution < -0.4 is 16.4 Å². The number of aliphatic hydroxyl groups excluding tert-OH is 8. The molecule has 0 radical (unpaired) electrons. The summed E-state index contributed by atoms with van der Waals surface area (Å²) in [5.74, 6) is -1.27. The van der Waals surface area contributed by atoms with Crippen LogP contribution in [0.4, 0.5) is 0 Å². The summed E-state index contributed by atoms with van der Waals surface area (Å²) in [6, 6.07) is -4.66. The third kappa shape index (κ3) is 10.3. The SMILES string of the molecule is CCCCCC(=O)N[C@H]1[C@H](OC[C@H]2O[C@H](OP(=O)(O)O[C@H]3O[C@H](CO)[C@H](O)[C@H](O)[C@H]3N)[C@H](NC(C)=O)[C@@H](O)[C@@H]2O)O[C@H](CO)[C@@H](O)[C@@H]1O. The van der Waals surface area contributed by atoms with E-state index in [2.05, 4.69) is 10.6 Å². The fourth-order valence-corrected chi connectivity index (χ4v) is 6.34. The molecule has 0 bridgehead atoms. The first kappa shape index (κ1) is 41.0. The number of amides is 2.